The molecule has 122 valence electrons. The van der Waals surface area contributed by atoms with Crippen LogP contribution in [-0.4, -0.2) is 43.0 Å². The van der Waals surface area contributed by atoms with Crippen LogP contribution >= 0.6 is 15.9 Å². The van der Waals surface area contributed by atoms with Gasteiger partial charge in [0, 0.05) is 22.9 Å². The Morgan fingerprint density at radius 3 is 2.52 bits per heavy atom. The molecule has 0 radical (unpaired) electrons. The molecule has 5 nitrogen and oxygen atoms in total. The minimum atomic E-state index is -0.168. The fourth-order valence-corrected chi connectivity index (χ4v) is 2.25. The SMILES string of the molecule is CN(C)CCCNc1ccc(C(=O)Nc2ccc(Br)cc2)cn1. The Morgan fingerprint density at radius 2 is 1.91 bits per heavy atom. The van der Waals surface area contributed by atoms with Gasteiger partial charge in [0.1, 0.15) is 5.82 Å². The third-order valence-electron chi connectivity index (χ3n) is 3.22. The number of carbonyl (C=O) groups is 1. The summed E-state index contributed by atoms with van der Waals surface area (Å²) in [6.07, 6.45) is 2.63. The van der Waals surface area contributed by atoms with Crippen molar-refractivity contribution in [2.45, 2.75) is 6.42 Å². The average Bonchev–Trinajstić information content (AvgIpc) is 2.54. The third-order valence-corrected chi connectivity index (χ3v) is 3.74. The van der Waals surface area contributed by atoms with E-state index in [0.29, 0.717) is 5.56 Å². The minimum Gasteiger partial charge on any atom is -0.370 e. The number of hydrogen-bond acceptors (Lipinski definition) is 4. The Kier molecular flexibility index (Phi) is 6.55. The van der Waals surface area contributed by atoms with E-state index in [1.54, 1.807) is 12.3 Å². The zero-order valence-corrected chi connectivity index (χ0v) is 14.9. The molecule has 0 bridgehead atoms. The molecule has 0 aliphatic heterocycles. The van der Waals surface area contributed by atoms with Crippen LogP contribution in [-0.2, 0) is 0 Å². The van der Waals surface area contributed by atoms with Gasteiger partial charge in [-0.2, -0.15) is 0 Å². The second-order valence-electron chi connectivity index (χ2n) is 5.48. The lowest BCUT2D eigenvalue weighted by Gasteiger charge is -2.10. The highest BCUT2D eigenvalue weighted by atomic mass is 79.9. The van der Waals surface area contributed by atoms with Gasteiger partial charge in [-0.3, -0.25) is 4.79 Å². The van der Waals surface area contributed by atoms with Gasteiger partial charge in [-0.05, 0) is 63.5 Å². The molecule has 0 atom stereocenters. The van der Waals surface area contributed by atoms with E-state index in [1.165, 1.54) is 0 Å². The van der Waals surface area contributed by atoms with Gasteiger partial charge in [0.05, 0.1) is 5.56 Å². The molecule has 23 heavy (non-hydrogen) atoms. The maximum atomic E-state index is 12.2. The quantitative estimate of drug-likeness (QED) is 0.726. The first-order chi connectivity index (χ1) is 11.0. The number of benzene rings is 1. The van der Waals surface area contributed by atoms with Crippen molar-refractivity contribution >= 4 is 33.3 Å². The molecule has 1 heterocycles. The van der Waals surface area contributed by atoms with Crippen molar-refractivity contribution < 1.29 is 4.79 Å². The molecule has 2 rings (SSSR count). The zero-order valence-electron chi connectivity index (χ0n) is 13.3. The number of anilines is 2. The summed E-state index contributed by atoms with van der Waals surface area (Å²) >= 11 is 3.37. The van der Waals surface area contributed by atoms with Crippen molar-refractivity contribution in [1.82, 2.24) is 9.88 Å². The monoisotopic (exact) mass is 376 g/mol. The Morgan fingerprint density at radius 1 is 1.17 bits per heavy atom. The molecule has 6 heteroatoms. The normalized spacial score (nSPS) is 10.6. The van der Waals surface area contributed by atoms with E-state index in [0.717, 1.165) is 35.5 Å². The first kappa shape index (κ1) is 17.4. The smallest absolute Gasteiger partial charge is 0.257 e. The minimum absolute atomic E-state index is 0.168. The fraction of sp³-hybridized carbons (Fsp3) is 0.294. The lowest BCUT2D eigenvalue weighted by molar-refractivity contribution is 0.102. The van der Waals surface area contributed by atoms with E-state index < -0.39 is 0 Å². The second-order valence-corrected chi connectivity index (χ2v) is 6.39. The van der Waals surface area contributed by atoms with Crippen LogP contribution in [0.15, 0.2) is 47.1 Å². The molecule has 0 unspecified atom stereocenters. The second kappa shape index (κ2) is 8.64. The molecule has 2 aromatic rings. The van der Waals surface area contributed by atoms with Gasteiger partial charge < -0.3 is 15.5 Å². The molecule has 1 amide bonds. The van der Waals surface area contributed by atoms with Gasteiger partial charge in [-0.25, -0.2) is 4.98 Å². The maximum absolute atomic E-state index is 12.2. The zero-order chi connectivity index (χ0) is 16.7. The Hall–Kier alpha value is -1.92. The summed E-state index contributed by atoms with van der Waals surface area (Å²) in [6.45, 7) is 1.89. The molecule has 0 aliphatic rings. The van der Waals surface area contributed by atoms with Crippen LogP contribution in [0, 0.1) is 0 Å². The van der Waals surface area contributed by atoms with Crippen molar-refractivity contribution in [3.63, 3.8) is 0 Å². The topological polar surface area (TPSA) is 57.3 Å². The Bertz CT molecular complexity index is 626. The van der Waals surface area contributed by atoms with Crippen molar-refractivity contribution in [2.75, 3.05) is 37.8 Å². The van der Waals surface area contributed by atoms with Crippen LogP contribution in [0.25, 0.3) is 0 Å². The largest absolute Gasteiger partial charge is 0.370 e. The Labute approximate surface area is 145 Å². The lowest BCUT2D eigenvalue weighted by Crippen LogP contribution is -2.17. The third kappa shape index (κ3) is 6.00. The molecule has 0 saturated carbocycles. The van der Waals surface area contributed by atoms with Crippen molar-refractivity contribution in [1.29, 1.82) is 0 Å². The number of amides is 1. The molecular formula is C17H21BrN4O. The molecule has 0 spiro atoms. The number of rotatable bonds is 7. The van der Waals surface area contributed by atoms with Gasteiger partial charge in [0.2, 0.25) is 0 Å². The number of pyridine rings is 1. The van der Waals surface area contributed by atoms with Gasteiger partial charge in [-0.15, -0.1) is 0 Å². The number of aromatic nitrogens is 1. The highest BCUT2D eigenvalue weighted by Gasteiger charge is 2.06. The molecule has 2 N–H and O–H groups in total. The van der Waals surface area contributed by atoms with Crippen molar-refractivity contribution in [3.8, 4) is 0 Å². The van der Waals surface area contributed by atoms with Crippen LogP contribution in [0.5, 0.6) is 0 Å². The van der Waals surface area contributed by atoms with E-state index in [9.17, 15) is 4.79 Å². The summed E-state index contributed by atoms with van der Waals surface area (Å²) in [7, 11) is 4.11. The van der Waals surface area contributed by atoms with Crippen molar-refractivity contribution in [2.24, 2.45) is 0 Å². The highest BCUT2D eigenvalue weighted by molar-refractivity contribution is 9.10. The van der Waals surface area contributed by atoms with Gasteiger partial charge in [-0.1, -0.05) is 15.9 Å². The Balaban J connectivity index is 1.86. The van der Waals surface area contributed by atoms with E-state index in [-0.39, 0.29) is 5.91 Å². The summed E-state index contributed by atoms with van der Waals surface area (Å²) < 4.78 is 0.974. The first-order valence-corrected chi connectivity index (χ1v) is 8.25. The summed E-state index contributed by atoms with van der Waals surface area (Å²) in [4.78, 5) is 18.6. The first-order valence-electron chi connectivity index (χ1n) is 7.46. The lowest BCUT2D eigenvalue weighted by atomic mass is 10.2. The van der Waals surface area contributed by atoms with Crippen LogP contribution in [0.4, 0.5) is 11.5 Å². The number of carbonyl (C=O) groups excluding carboxylic acids is 1. The fourth-order valence-electron chi connectivity index (χ4n) is 1.98. The van der Waals surface area contributed by atoms with Gasteiger partial charge in [0.25, 0.3) is 5.91 Å². The molecular weight excluding hydrogens is 356 g/mol. The molecule has 0 saturated heterocycles. The van der Waals surface area contributed by atoms with Crippen molar-refractivity contribution in [3.05, 3.63) is 52.6 Å². The van der Waals surface area contributed by atoms with Crippen LogP contribution in [0.2, 0.25) is 0 Å². The van der Waals surface area contributed by atoms with E-state index in [4.69, 9.17) is 0 Å². The summed E-state index contributed by atoms with van der Waals surface area (Å²) in [5.74, 6) is 0.614. The average molecular weight is 377 g/mol. The number of hydrogen-bond donors (Lipinski definition) is 2. The summed E-state index contributed by atoms with van der Waals surface area (Å²) in [5, 5.41) is 6.09. The predicted octanol–water partition coefficient (Wildman–Crippen LogP) is 3.46. The molecule has 0 aliphatic carbocycles. The van der Waals surface area contributed by atoms with E-state index >= 15 is 0 Å². The molecule has 0 fully saturated rings. The number of halogens is 1. The summed E-state index contributed by atoms with van der Waals surface area (Å²) in [5.41, 5.74) is 1.29. The van der Waals surface area contributed by atoms with Gasteiger partial charge in [0.15, 0.2) is 0 Å². The number of nitrogens with zero attached hydrogens (tertiary/aromatic N) is 2. The molecule has 1 aromatic heterocycles. The van der Waals surface area contributed by atoms with E-state index in [2.05, 4.69) is 50.5 Å². The van der Waals surface area contributed by atoms with Crippen LogP contribution < -0.4 is 10.6 Å². The van der Waals surface area contributed by atoms with Crippen LogP contribution in [0.3, 0.4) is 0 Å². The van der Waals surface area contributed by atoms with Gasteiger partial charge >= 0.3 is 0 Å². The standard InChI is InChI=1S/C17H21BrN4O/c1-22(2)11-3-10-19-16-9-4-13(12-20-16)17(23)21-15-7-5-14(18)6-8-15/h4-9,12H,3,10-11H2,1-2H3,(H,19,20)(H,21,23). The highest BCUT2D eigenvalue weighted by Crippen LogP contribution is 2.15. The summed E-state index contributed by atoms with van der Waals surface area (Å²) in [6, 6.07) is 11.1. The van der Waals surface area contributed by atoms with E-state index in [1.807, 2.05) is 30.3 Å². The van der Waals surface area contributed by atoms with Crippen LogP contribution in [0.1, 0.15) is 16.8 Å². The maximum Gasteiger partial charge on any atom is 0.257 e. The number of nitrogens with one attached hydrogen (secondary N) is 2. The predicted molar refractivity (Wildman–Crippen MR) is 98.0 cm³/mol. The molecule has 1 aromatic carbocycles.